The minimum absolute atomic E-state index is 0.0112. The van der Waals surface area contributed by atoms with E-state index in [2.05, 4.69) is 46.5 Å². The molecule has 2 heterocycles. The minimum atomic E-state index is -4.61. The van der Waals surface area contributed by atoms with E-state index in [4.69, 9.17) is 16.3 Å². The van der Waals surface area contributed by atoms with Gasteiger partial charge in [-0.25, -0.2) is 0 Å². The summed E-state index contributed by atoms with van der Waals surface area (Å²) in [5.74, 6) is -2.08. The van der Waals surface area contributed by atoms with Gasteiger partial charge in [0, 0.05) is 52.2 Å². The van der Waals surface area contributed by atoms with Crippen molar-refractivity contribution in [2.45, 2.75) is 38.4 Å². The predicted molar refractivity (Wildman–Crippen MR) is 193 cm³/mol. The highest BCUT2D eigenvalue weighted by Gasteiger charge is 2.45. The van der Waals surface area contributed by atoms with Gasteiger partial charge in [-0.15, -0.1) is 0 Å². The lowest BCUT2D eigenvalue weighted by Gasteiger charge is -2.25. The number of amides is 3. The zero-order valence-corrected chi connectivity index (χ0v) is 29.3. The van der Waals surface area contributed by atoms with Gasteiger partial charge < -0.3 is 36.3 Å². The smallest absolute Gasteiger partial charge is 0.422 e. The number of rotatable bonds is 13. The number of halogens is 4. The topological polar surface area (TPSA) is 175 Å². The average molecular weight is 750 g/mol. The molecule has 0 spiro atoms. The Kier molecular flexibility index (Phi) is 10.4. The standard InChI is InChI=1S/C36H35ClF3N9O4/c1-34(2,19-43-29(51)30(52)44-26-11-12-27-22(17-26)13-16-41-27)18-42-28(50)21-3-9-25(10-4-21)45-31-46-32(48-33(47-31)53-20-36(38,39)40)49-35(14-15-35)23-5-7-24(37)8-6-23/h3-13,16-17,41H,14-15,18-20H2,1-2H3,(H,42,50)(H,43,51)(H,44,52)(H2,45,46,47,48,49). The first kappa shape index (κ1) is 36.9. The largest absolute Gasteiger partial charge is 0.454 e. The zero-order valence-electron chi connectivity index (χ0n) is 28.5. The number of H-pyrrole nitrogens is 1. The second kappa shape index (κ2) is 15.0. The van der Waals surface area contributed by atoms with Crippen molar-refractivity contribution in [2.24, 2.45) is 5.41 Å². The molecule has 1 aliphatic rings. The molecule has 276 valence electrons. The summed E-state index contributed by atoms with van der Waals surface area (Å²) in [6.07, 6.45) is -1.36. The van der Waals surface area contributed by atoms with E-state index in [-0.39, 0.29) is 30.9 Å². The summed E-state index contributed by atoms with van der Waals surface area (Å²) in [7, 11) is 0. The lowest BCUT2D eigenvalue weighted by Crippen LogP contribution is -2.44. The molecule has 0 aliphatic heterocycles. The van der Waals surface area contributed by atoms with Crippen LogP contribution in [0.25, 0.3) is 10.9 Å². The lowest BCUT2D eigenvalue weighted by molar-refractivity contribution is -0.154. The van der Waals surface area contributed by atoms with Crippen LogP contribution in [0.3, 0.4) is 0 Å². The fraction of sp³-hybridized carbons (Fsp3) is 0.278. The van der Waals surface area contributed by atoms with Crippen molar-refractivity contribution >= 4 is 63.5 Å². The molecule has 6 N–H and O–H groups in total. The number of anilines is 4. The van der Waals surface area contributed by atoms with Crippen molar-refractivity contribution in [1.82, 2.24) is 30.6 Å². The number of benzene rings is 3. The molecular weight excluding hydrogens is 715 g/mol. The first-order valence-corrected chi connectivity index (χ1v) is 16.8. The van der Waals surface area contributed by atoms with Gasteiger partial charge in [-0.2, -0.15) is 28.1 Å². The highest BCUT2D eigenvalue weighted by Crippen LogP contribution is 2.48. The summed E-state index contributed by atoms with van der Waals surface area (Å²) in [6, 6.07) is 20.0. The number of alkyl halides is 3. The van der Waals surface area contributed by atoms with Crippen molar-refractivity contribution in [3.63, 3.8) is 0 Å². The molecule has 6 rings (SSSR count). The van der Waals surface area contributed by atoms with Gasteiger partial charge in [0.05, 0.1) is 5.54 Å². The van der Waals surface area contributed by atoms with Gasteiger partial charge >= 0.3 is 24.0 Å². The summed E-state index contributed by atoms with van der Waals surface area (Å²) in [5.41, 5.74) is 1.93. The molecule has 13 nitrogen and oxygen atoms in total. The maximum Gasteiger partial charge on any atom is 0.422 e. The maximum absolute atomic E-state index is 13.0. The number of carbonyl (C=O) groups excluding carboxylic acids is 3. The third-order valence-electron chi connectivity index (χ3n) is 8.35. The van der Waals surface area contributed by atoms with Gasteiger partial charge in [-0.3, -0.25) is 14.4 Å². The number of nitrogens with zero attached hydrogens (tertiary/aromatic N) is 3. The maximum atomic E-state index is 13.0. The fourth-order valence-electron chi connectivity index (χ4n) is 5.31. The Morgan fingerprint density at radius 3 is 2.23 bits per heavy atom. The van der Waals surface area contributed by atoms with Gasteiger partial charge in [0.15, 0.2) is 6.61 Å². The van der Waals surface area contributed by atoms with Crippen molar-refractivity contribution in [3.8, 4) is 6.01 Å². The molecule has 17 heteroatoms. The minimum Gasteiger partial charge on any atom is -0.454 e. The third kappa shape index (κ3) is 9.91. The normalized spacial score (nSPS) is 13.5. The summed E-state index contributed by atoms with van der Waals surface area (Å²) < 4.78 is 43.7. The second-order valence-corrected chi connectivity index (χ2v) is 13.8. The number of aromatic amines is 1. The average Bonchev–Trinajstić information content (AvgIpc) is 3.74. The molecule has 1 fully saturated rings. The Labute approximate surface area is 306 Å². The zero-order chi connectivity index (χ0) is 37.8. The monoisotopic (exact) mass is 749 g/mol. The lowest BCUT2D eigenvalue weighted by atomic mass is 9.93. The molecule has 3 aromatic carbocycles. The third-order valence-corrected chi connectivity index (χ3v) is 8.61. The van der Waals surface area contributed by atoms with E-state index >= 15 is 0 Å². The number of fused-ring (bicyclic) bond motifs is 1. The van der Waals surface area contributed by atoms with Crippen molar-refractivity contribution in [1.29, 1.82) is 0 Å². The molecule has 3 amide bonds. The van der Waals surface area contributed by atoms with E-state index in [1.165, 1.54) is 0 Å². The first-order valence-electron chi connectivity index (χ1n) is 16.5. The van der Waals surface area contributed by atoms with Gasteiger partial charge in [-0.05, 0) is 84.5 Å². The van der Waals surface area contributed by atoms with E-state index in [9.17, 15) is 27.6 Å². The van der Waals surface area contributed by atoms with Crippen LogP contribution in [0.1, 0.15) is 42.6 Å². The Hall–Kier alpha value is -5.90. The second-order valence-electron chi connectivity index (χ2n) is 13.3. The number of hydrogen-bond acceptors (Lipinski definition) is 9. The quantitative estimate of drug-likeness (QED) is 0.0755. The molecule has 53 heavy (non-hydrogen) atoms. The summed E-state index contributed by atoms with van der Waals surface area (Å²) in [6.45, 7) is 2.34. The molecule has 0 saturated heterocycles. The van der Waals surface area contributed by atoms with E-state index < -0.39 is 41.6 Å². The van der Waals surface area contributed by atoms with Crippen molar-refractivity contribution in [2.75, 3.05) is 35.6 Å². The number of ether oxygens (including phenoxy) is 1. The van der Waals surface area contributed by atoms with E-state index in [0.29, 0.717) is 22.0 Å². The van der Waals surface area contributed by atoms with Crippen LogP contribution in [0.2, 0.25) is 5.02 Å². The molecule has 0 atom stereocenters. The molecule has 0 bridgehead atoms. The van der Waals surface area contributed by atoms with Crippen LogP contribution in [-0.4, -0.2) is 63.5 Å². The molecule has 2 aromatic heterocycles. The predicted octanol–water partition coefficient (Wildman–Crippen LogP) is 6.30. The number of aromatic nitrogens is 4. The Bertz CT molecular complexity index is 2120. The highest BCUT2D eigenvalue weighted by molar-refractivity contribution is 6.39. The van der Waals surface area contributed by atoms with Crippen LogP contribution in [-0.2, 0) is 15.1 Å². The molecular formula is C36H35ClF3N9O4. The van der Waals surface area contributed by atoms with Crippen LogP contribution in [0.4, 0.5) is 36.4 Å². The molecule has 5 aromatic rings. The molecule has 0 unspecified atom stereocenters. The van der Waals surface area contributed by atoms with Gasteiger partial charge in [-0.1, -0.05) is 37.6 Å². The summed E-state index contributed by atoms with van der Waals surface area (Å²) >= 11 is 6.03. The van der Waals surface area contributed by atoms with Gasteiger partial charge in [0.2, 0.25) is 11.9 Å². The van der Waals surface area contributed by atoms with Crippen LogP contribution in [0.15, 0.2) is 79.0 Å². The fourth-order valence-corrected chi connectivity index (χ4v) is 5.44. The molecule has 1 saturated carbocycles. The van der Waals surface area contributed by atoms with Crippen LogP contribution < -0.4 is 31.3 Å². The Morgan fingerprint density at radius 1 is 0.849 bits per heavy atom. The van der Waals surface area contributed by atoms with E-state index in [0.717, 1.165) is 29.3 Å². The Morgan fingerprint density at radius 2 is 1.53 bits per heavy atom. The molecule has 1 aliphatic carbocycles. The Balaban J connectivity index is 1.03. The SMILES string of the molecule is CC(C)(CNC(=O)C(=O)Nc1ccc2[nH]ccc2c1)CNC(=O)c1ccc(Nc2nc(NC3(c4ccc(Cl)cc4)CC3)nc(OCC(F)(F)F)n2)cc1. The first-order chi connectivity index (χ1) is 25.2. The van der Waals surface area contributed by atoms with Gasteiger partial charge in [0.25, 0.3) is 5.91 Å². The van der Waals surface area contributed by atoms with E-state index in [1.807, 2.05) is 32.0 Å². The summed E-state index contributed by atoms with van der Waals surface area (Å²) in [5, 5.41) is 15.6. The van der Waals surface area contributed by atoms with Crippen LogP contribution in [0, 0.1) is 5.41 Å². The number of carbonyl (C=O) groups is 3. The highest BCUT2D eigenvalue weighted by atomic mass is 35.5. The van der Waals surface area contributed by atoms with Crippen LogP contribution >= 0.6 is 11.6 Å². The number of nitrogens with one attached hydrogen (secondary N) is 6. The van der Waals surface area contributed by atoms with Crippen molar-refractivity contribution < 1.29 is 32.3 Å². The van der Waals surface area contributed by atoms with Gasteiger partial charge in [0.1, 0.15) is 0 Å². The number of hydrogen-bond donors (Lipinski definition) is 6. The summed E-state index contributed by atoms with van der Waals surface area (Å²) in [4.78, 5) is 53.4. The van der Waals surface area contributed by atoms with E-state index in [1.54, 1.807) is 60.8 Å². The van der Waals surface area contributed by atoms with Crippen molar-refractivity contribution in [3.05, 3.63) is 95.1 Å². The molecule has 0 radical (unpaired) electrons. The van der Waals surface area contributed by atoms with Crippen LogP contribution in [0.5, 0.6) is 6.01 Å².